The highest BCUT2D eigenvalue weighted by Gasteiger charge is 2.18. The molecular weight excluding hydrogens is 373 g/mol. The molecule has 1 N–H and O–H groups in total. The lowest BCUT2D eigenvalue weighted by atomic mass is 10.0. The van der Waals surface area contributed by atoms with Crippen molar-refractivity contribution in [2.45, 2.75) is 26.3 Å². The Morgan fingerprint density at radius 2 is 1.90 bits per heavy atom. The molecule has 21 heavy (non-hydrogen) atoms. The van der Waals surface area contributed by atoms with Gasteiger partial charge in [0.15, 0.2) is 0 Å². The Morgan fingerprint density at radius 1 is 1.29 bits per heavy atom. The summed E-state index contributed by atoms with van der Waals surface area (Å²) in [5, 5.41) is 9.24. The van der Waals surface area contributed by atoms with E-state index < -0.39 is 0 Å². The third-order valence-corrected chi connectivity index (χ3v) is 4.86. The minimum absolute atomic E-state index is 0.136. The number of aromatic nitrogens is 2. The van der Waals surface area contributed by atoms with Gasteiger partial charge < -0.3 is 5.32 Å². The summed E-state index contributed by atoms with van der Waals surface area (Å²) in [5.41, 5.74) is 3.22. The standard InChI is InChI=1S/C15H18BrCl2N3/c1-4-19-13(10-5-11(17)7-12(18)6-10)8-14-15(16)9(2)20-21(14)3/h5-7,13,19H,4,8H2,1-3H3. The van der Waals surface area contributed by atoms with E-state index in [9.17, 15) is 0 Å². The van der Waals surface area contributed by atoms with Crippen molar-refractivity contribution in [1.82, 2.24) is 15.1 Å². The van der Waals surface area contributed by atoms with Gasteiger partial charge >= 0.3 is 0 Å². The van der Waals surface area contributed by atoms with Crippen LogP contribution in [0.4, 0.5) is 0 Å². The zero-order chi connectivity index (χ0) is 15.6. The summed E-state index contributed by atoms with van der Waals surface area (Å²) in [7, 11) is 1.96. The molecule has 3 nitrogen and oxygen atoms in total. The normalized spacial score (nSPS) is 12.7. The molecule has 0 radical (unpaired) electrons. The van der Waals surface area contributed by atoms with Crippen molar-refractivity contribution in [3.8, 4) is 0 Å². The second-order valence-corrected chi connectivity index (χ2v) is 6.65. The average Bonchev–Trinajstić information content (AvgIpc) is 2.63. The summed E-state index contributed by atoms with van der Waals surface area (Å²) in [6, 6.07) is 5.80. The monoisotopic (exact) mass is 389 g/mol. The quantitative estimate of drug-likeness (QED) is 0.802. The smallest absolute Gasteiger partial charge is 0.0738 e. The van der Waals surface area contributed by atoms with Gasteiger partial charge in [-0.15, -0.1) is 0 Å². The SMILES string of the molecule is CCNC(Cc1c(Br)c(C)nn1C)c1cc(Cl)cc(Cl)c1. The number of hydrogen-bond donors (Lipinski definition) is 1. The molecular formula is C15H18BrCl2N3. The summed E-state index contributed by atoms with van der Waals surface area (Å²) < 4.78 is 2.97. The van der Waals surface area contributed by atoms with Crippen LogP contribution in [0.5, 0.6) is 0 Å². The molecule has 0 bridgehead atoms. The van der Waals surface area contributed by atoms with Gasteiger partial charge in [-0.25, -0.2) is 0 Å². The number of aryl methyl sites for hydroxylation is 2. The van der Waals surface area contributed by atoms with E-state index in [4.69, 9.17) is 23.2 Å². The van der Waals surface area contributed by atoms with E-state index in [0.29, 0.717) is 10.0 Å². The molecule has 0 aliphatic heterocycles. The van der Waals surface area contributed by atoms with Crippen LogP contribution >= 0.6 is 39.1 Å². The van der Waals surface area contributed by atoms with Crippen LogP contribution < -0.4 is 5.32 Å². The topological polar surface area (TPSA) is 29.9 Å². The van der Waals surface area contributed by atoms with Crippen molar-refractivity contribution in [2.75, 3.05) is 6.54 Å². The Labute approximate surface area is 143 Å². The van der Waals surface area contributed by atoms with Crippen molar-refractivity contribution >= 4 is 39.1 Å². The van der Waals surface area contributed by atoms with Gasteiger partial charge in [0.25, 0.3) is 0 Å². The van der Waals surface area contributed by atoms with E-state index >= 15 is 0 Å². The Balaban J connectivity index is 2.35. The second-order valence-electron chi connectivity index (χ2n) is 4.99. The fourth-order valence-electron chi connectivity index (χ4n) is 2.43. The summed E-state index contributed by atoms with van der Waals surface area (Å²) in [6.07, 6.45) is 0.808. The van der Waals surface area contributed by atoms with Crippen LogP contribution in [0.25, 0.3) is 0 Å². The predicted octanol–water partition coefficient (Wildman–Crippen LogP) is 4.69. The first-order valence-corrected chi connectivity index (χ1v) is 8.34. The van der Waals surface area contributed by atoms with Gasteiger partial charge in [0.1, 0.15) is 0 Å². The Morgan fingerprint density at radius 3 is 2.38 bits per heavy atom. The fraction of sp³-hybridized carbons (Fsp3) is 0.400. The molecule has 0 aliphatic carbocycles. The van der Waals surface area contributed by atoms with Crippen molar-refractivity contribution < 1.29 is 0 Å². The summed E-state index contributed by atoms with van der Waals surface area (Å²) in [5.74, 6) is 0. The van der Waals surface area contributed by atoms with E-state index in [2.05, 4.69) is 33.3 Å². The van der Waals surface area contributed by atoms with E-state index in [0.717, 1.165) is 34.4 Å². The van der Waals surface area contributed by atoms with Gasteiger partial charge in [-0.05, 0) is 53.2 Å². The highest BCUT2D eigenvalue weighted by molar-refractivity contribution is 9.10. The Bertz CT molecular complexity index is 620. The van der Waals surface area contributed by atoms with Crippen LogP contribution in [0.15, 0.2) is 22.7 Å². The summed E-state index contributed by atoms with van der Waals surface area (Å²) in [4.78, 5) is 0. The fourth-order valence-corrected chi connectivity index (χ4v) is 3.47. The average molecular weight is 391 g/mol. The molecule has 1 aromatic heterocycles. The largest absolute Gasteiger partial charge is 0.310 e. The lowest BCUT2D eigenvalue weighted by Crippen LogP contribution is -2.24. The summed E-state index contributed by atoms with van der Waals surface area (Å²) in [6.45, 7) is 4.94. The van der Waals surface area contributed by atoms with Gasteiger partial charge in [0.05, 0.1) is 15.9 Å². The number of rotatable bonds is 5. The molecule has 0 saturated heterocycles. The first-order chi connectivity index (χ1) is 9.92. The highest BCUT2D eigenvalue weighted by atomic mass is 79.9. The molecule has 0 amide bonds. The van der Waals surface area contributed by atoms with Crippen LogP contribution in [0, 0.1) is 6.92 Å². The molecule has 2 rings (SSSR count). The lowest BCUT2D eigenvalue weighted by molar-refractivity contribution is 0.528. The maximum atomic E-state index is 6.12. The van der Waals surface area contributed by atoms with E-state index in [1.807, 2.05) is 30.8 Å². The van der Waals surface area contributed by atoms with Gasteiger partial charge in [-0.2, -0.15) is 5.10 Å². The second kappa shape index (κ2) is 7.14. The minimum atomic E-state index is 0.136. The van der Waals surface area contributed by atoms with Crippen molar-refractivity contribution in [2.24, 2.45) is 7.05 Å². The molecule has 0 saturated carbocycles. The first-order valence-electron chi connectivity index (χ1n) is 6.79. The third-order valence-electron chi connectivity index (χ3n) is 3.40. The zero-order valence-corrected chi connectivity index (χ0v) is 15.3. The Hall–Kier alpha value is -0.550. The number of likely N-dealkylation sites (N-methyl/N-ethyl adjacent to an activating group) is 1. The molecule has 1 heterocycles. The van der Waals surface area contributed by atoms with Crippen LogP contribution in [0.2, 0.25) is 10.0 Å². The predicted molar refractivity (Wildman–Crippen MR) is 92.2 cm³/mol. The highest BCUT2D eigenvalue weighted by Crippen LogP contribution is 2.29. The van der Waals surface area contributed by atoms with Gasteiger partial charge in [-0.1, -0.05) is 30.1 Å². The number of benzene rings is 1. The maximum Gasteiger partial charge on any atom is 0.0738 e. The number of nitrogens with zero attached hydrogens (tertiary/aromatic N) is 2. The first kappa shape index (κ1) is 16.8. The van der Waals surface area contributed by atoms with Crippen LogP contribution in [0.3, 0.4) is 0 Å². The molecule has 6 heteroatoms. The third kappa shape index (κ3) is 4.01. The van der Waals surface area contributed by atoms with Crippen LogP contribution in [-0.4, -0.2) is 16.3 Å². The lowest BCUT2D eigenvalue weighted by Gasteiger charge is -2.19. The molecule has 1 unspecified atom stereocenters. The van der Waals surface area contributed by atoms with E-state index in [1.165, 1.54) is 0 Å². The zero-order valence-electron chi connectivity index (χ0n) is 12.3. The van der Waals surface area contributed by atoms with Crippen molar-refractivity contribution in [3.05, 3.63) is 49.7 Å². The van der Waals surface area contributed by atoms with Gasteiger partial charge in [0, 0.05) is 29.6 Å². The van der Waals surface area contributed by atoms with Gasteiger partial charge in [-0.3, -0.25) is 4.68 Å². The molecule has 0 aliphatic rings. The molecule has 1 atom stereocenters. The van der Waals surface area contributed by atoms with E-state index in [-0.39, 0.29) is 6.04 Å². The minimum Gasteiger partial charge on any atom is -0.310 e. The molecule has 0 spiro atoms. The molecule has 0 fully saturated rings. The Kier molecular flexibility index (Phi) is 5.72. The maximum absolute atomic E-state index is 6.12. The number of halogens is 3. The number of nitrogens with one attached hydrogen (secondary N) is 1. The summed E-state index contributed by atoms with van der Waals surface area (Å²) >= 11 is 15.9. The molecule has 2 aromatic rings. The number of hydrogen-bond acceptors (Lipinski definition) is 2. The van der Waals surface area contributed by atoms with Gasteiger partial charge in [0.2, 0.25) is 0 Å². The van der Waals surface area contributed by atoms with Crippen molar-refractivity contribution in [3.63, 3.8) is 0 Å². The van der Waals surface area contributed by atoms with Crippen LogP contribution in [0.1, 0.15) is 29.9 Å². The van der Waals surface area contributed by atoms with E-state index in [1.54, 1.807) is 6.07 Å². The van der Waals surface area contributed by atoms with Crippen LogP contribution in [-0.2, 0) is 13.5 Å². The van der Waals surface area contributed by atoms with Crippen molar-refractivity contribution in [1.29, 1.82) is 0 Å². The molecule has 1 aromatic carbocycles. The molecule has 114 valence electrons.